The molecule has 0 saturated heterocycles. The molecule has 0 aliphatic heterocycles. The Hall–Kier alpha value is -1.13. The van der Waals surface area contributed by atoms with E-state index in [0.29, 0.717) is 6.42 Å². The Kier molecular flexibility index (Phi) is 52.2. The lowest BCUT2D eigenvalue weighted by atomic mass is 10.0. The van der Waals surface area contributed by atoms with Crippen LogP contribution < -0.4 is 5.32 Å². The monoisotopic (exact) mass is 858 g/mol. The van der Waals surface area contributed by atoms with Crippen LogP contribution in [0.15, 0.2) is 24.3 Å². The number of rotatable bonds is 52. The molecule has 2 atom stereocenters. The minimum Gasteiger partial charge on any atom is -0.394 e. The number of aliphatic hydroxyl groups excluding tert-OH is 2. The highest BCUT2D eigenvalue weighted by atomic mass is 16.3. The van der Waals surface area contributed by atoms with Crippen LogP contribution in [0.5, 0.6) is 0 Å². The topological polar surface area (TPSA) is 69.6 Å². The summed E-state index contributed by atoms with van der Waals surface area (Å²) in [7, 11) is 0. The van der Waals surface area contributed by atoms with E-state index in [-0.39, 0.29) is 12.5 Å². The molecule has 1 amide bonds. The van der Waals surface area contributed by atoms with Gasteiger partial charge in [0.25, 0.3) is 0 Å². The van der Waals surface area contributed by atoms with Gasteiger partial charge in [-0.2, -0.15) is 0 Å². The number of hydrogen-bond donors (Lipinski definition) is 3. The molecule has 4 heteroatoms. The number of aliphatic hydroxyl groups is 2. The number of unbranched alkanes of at least 4 members (excludes halogenated alkanes) is 43. The van der Waals surface area contributed by atoms with Crippen molar-refractivity contribution in [3.05, 3.63) is 24.3 Å². The van der Waals surface area contributed by atoms with E-state index >= 15 is 0 Å². The second-order valence-corrected chi connectivity index (χ2v) is 19.4. The molecule has 0 aromatic rings. The van der Waals surface area contributed by atoms with Crippen LogP contribution in [-0.2, 0) is 4.79 Å². The maximum absolute atomic E-state index is 12.5. The van der Waals surface area contributed by atoms with E-state index in [1.165, 1.54) is 270 Å². The first kappa shape index (κ1) is 59.9. The molecule has 0 aromatic heterocycles. The van der Waals surface area contributed by atoms with Crippen LogP contribution in [0.1, 0.15) is 316 Å². The Morgan fingerprint density at radius 2 is 0.623 bits per heavy atom. The zero-order chi connectivity index (χ0) is 44.2. The summed E-state index contributed by atoms with van der Waals surface area (Å²) >= 11 is 0. The van der Waals surface area contributed by atoms with E-state index < -0.39 is 12.1 Å². The number of allylic oxidation sites excluding steroid dienone is 3. The highest BCUT2D eigenvalue weighted by Crippen LogP contribution is 2.17. The molecule has 0 rings (SSSR count). The molecule has 0 saturated carbocycles. The average Bonchev–Trinajstić information content (AvgIpc) is 3.26. The predicted molar refractivity (Wildman–Crippen MR) is 272 cm³/mol. The maximum atomic E-state index is 12.5. The van der Waals surface area contributed by atoms with Gasteiger partial charge in [-0.05, 0) is 44.9 Å². The van der Waals surface area contributed by atoms with Crippen molar-refractivity contribution in [3.63, 3.8) is 0 Å². The largest absolute Gasteiger partial charge is 0.394 e. The van der Waals surface area contributed by atoms with Gasteiger partial charge in [-0.25, -0.2) is 0 Å². The van der Waals surface area contributed by atoms with Gasteiger partial charge in [0.2, 0.25) is 5.91 Å². The maximum Gasteiger partial charge on any atom is 0.220 e. The smallest absolute Gasteiger partial charge is 0.220 e. The Balaban J connectivity index is 3.47. The van der Waals surface area contributed by atoms with Crippen LogP contribution in [0.4, 0.5) is 0 Å². The van der Waals surface area contributed by atoms with Crippen LogP contribution in [0.25, 0.3) is 0 Å². The molecule has 0 bridgehead atoms. The summed E-state index contributed by atoms with van der Waals surface area (Å²) in [5, 5.41) is 23.2. The molecule has 3 N–H and O–H groups in total. The van der Waals surface area contributed by atoms with Gasteiger partial charge in [-0.1, -0.05) is 289 Å². The zero-order valence-electron chi connectivity index (χ0n) is 41.7. The first-order valence-corrected chi connectivity index (χ1v) is 28.1. The molecule has 4 nitrogen and oxygen atoms in total. The van der Waals surface area contributed by atoms with E-state index in [4.69, 9.17) is 0 Å². The molecule has 0 heterocycles. The minimum atomic E-state index is -0.838. The van der Waals surface area contributed by atoms with Gasteiger partial charge in [-0.3, -0.25) is 4.79 Å². The fourth-order valence-electron chi connectivity index (χ4n) is 8.88. The van der Waals surface area contributed by atoms with E-state index in [9.17, 15) is 15.0 Å². The fraction of sp³-hybridized carbons (Fsp3) is 0.912. The van der Waals surface area contributed by atoms with Gasteiger partial charge < -0.3 is 15.5 Å². The second-order valence-electron chi connectivity index (χ2n) is 19.4. The van der Waals surface area contributed by atoms with E-state index in [1.807, 2.05) is 6.08 Å². The molecular formula is C57H111NO3. The Labute approximate surface area is 383 Å². The third-order valence-electron chi connectivity index (χ3n) is 13.2. The molecule has 0 fully saturated rings. The Morgan fingerprint density at radius 1 is 0.377 bits per heavy atom. The fourth-order valence-corrected chi connectivity index (χ4v) is 8.88. The lowest BCUT2D eigenvalue weighted by Crippen LogP contribution is -2.45. The zero-order valence-corrected chi connectivity index (χ0v) is 41.7. The predicted octanol–water partition coefficient (Wildman–Crippen LogP) is 18.3. The number of carbonyl (C=O) groups is 1. The summed E-state index contributed by atoms with van der Waals surface area (Å²) in [6.07, 6.45) is 70.5. The van der Waals surface area contributed by atoms with Gasteiger partial charge in [0.05, 0.1) is 18.8 Å². The molecular weight excluding hydrogens is 747 g/mol. The van der Waals surface area contributed by atoms with Crippen molar-refractivity contribution in [3.8, 4) is 0 Å². The third-order valence-corrected chi connectivity index (χ3v) is 13.2. The van der Waals surface area contributed by atoms with Crippen molar-refractivity contribution in [2.45, 2.75) is 328 Å². The average molecular weight is 859 g/mol. The van der Waals surface area contributed by atoms with Crippen molar-refractivity contribution >= 4 is 5.91 Å². The number of amides is 1. The van der Waals surface area contributed by atoms with Crippen molar-refractivity contribution < 1.29 is 15.0 Å². The summed E-state index contributed by atoms with van der Waals surface area (Å²) in [5.74, 6) is -0.0597. The van der Waals surface area contributed by atoms with Gasteiger partial charge in [-0.15, -0.1) is 0 Å². The molecule has 0 aliphatic rings. The van der Waals surface area contributed by atoms with Gasteiger partial charge in [0.15, 0.2) is 0 Å². The summed E-state index contributed by atoms with van der Waals surface area (Å²) in [4.78, 5) is 12.5. The standard InChI is InChI=1S/C57H111NO3/c1-3-5-7-9-11-13-15-17-19-21-23-25-27-28-29-31-32-34-36-38-40-42-44-46-48-50-52-56(60)55(54-59)58-57(61)53-51-49-47-45-43-41-39-37-35-33-30-26-24-22-20-18-16-14-12-10-8-6-4-2/h22,24,50,52,55-56,59-60H,3-21,23,25-49,51,53-54H2,1-2H3,(H,58,61)/b24-22-,52-50+. The quantitative estimate of drug-likeness (QED) is 0.0422. The molecule has 0 aliphatic carbocycles. The summed E-state index contributed by atoms with van der Waals surface area (Å²) in [6, 6.07) is -0.621. The lowest BCUT2D eigenvalue weighted by Gasteiger charge is -2.20. The number of hydrogen-bond acceptors (Lipinski definition) is 3. The minimum absolute atomic E-state index is 0.0597. The summed E-state index contributed by atoms with van der Waals surface area (Å²) in [6.45, 7) is 4.34. The first-order valence-electron chi connectivity index (χ1n) is 28.1. The highest BCUT2D eigenvalue weighted by Gasteiger charge is 2.18. The Bertz CT molecular complexity index is 886. The SMILES string of the molecule is CCCCCCCCCC/C=C\CCCCCCCCCCCCCC(=O)NC(CO)C(O)/C=C/CCCCCCCCCCCCCCCCCCCCCCCCCC. The van der Waals surface area contributed by atoms with Crippen LogP contribution in [0, 0.1) is 0 Å². The van der Waals surface area contributed by atoms with Crippen molar-refractivity contribution in [1.29, 1.82) is 0 Å². The molecule has 0 radical (unpaired) electrons. The van der Waals surface area contributed by atoms with Crippen LogP contribution >= 0.6 is 0 Å². The van der Waals surface area contributed by atoms with Crippen molar-refractivity contribution in [2.24, 2.45) is 0 Å². The van der Waals surface area contributed by atoms with Crippen LogP contribution in [-0.4, -0.2) is 34.9 Å². The number of carbonyl (C=O) groups excluding carboxylic acids is 1. The normalized spacial score (nSPS) is 12.9. The van der Waals surface area contributed by atoms with Gasteiger partial charge in [0, 0.05) is 6.42 Å². The first-order chi connectivity index (χ1) is 30.2. The van der Waals surface area contributed by atoms with Crippen LogP contribution in [0.2, 0.25) is 0 Å². The second kappa shape index (κ2) is 53.2. The van der Waals surface area contributed by atoms with Crippen molar-refractivity contribution in [1.82, 2.24) is 5.32 Å². The number of nitrogens with one attached hydrogen (secondary N) is 1. The van der Waals surface area contributed by atoms with E-state index in [0.717, 1.165) is 25.7 Å². The highest BCUT2D eigenvalue weighted by molar-refractivity contribution is 5.76. The third kappa shape index (κ3) is 49.7. The van der Waals surface area contributed by atoms with Crippen LogP contribution in [0.3, 0.4) is 0 Å². The lowest BCUT2D eigenvalue weighted by molar-refractivity contribution is -0.123. The molecule has 362 valence electrons. The van der Waals surface area contributed by atoms with Gasteiger partial charge in [0.1, 0.15) is 0 Å². The van der Waals surface area contributed by atoms with E-state index in [2.05, 4.69) is 31.3 Å². The Morgan fingerprint density at radius 3 is 0.902 bits per heavy atom. The summed E-state index contributed by atoms with van der Waals surface area (Å²) < 4.78 is 0. The van der Waals surface area contributed by atoms with E-state index in [1.54, 1.807) is 6.08 Å². The summed E-state index contributed by atoms with van der Waals surface area (Å²) in [5.41, 5.74) is 0. The van der Waals surface area contributed by atoms with Crippen molar-refractivity contribution in [2.75, 3.05) is 6.61 Å². The molecule has 61 heavy (non-hydrogen) atoms. The molecule has 0 aromatic carbocycles. The molecule has 2 unspecified atom stereocenters. The van der Waals surface area contributed by atoms with Gasteiger partial charge >= 0.3 is 0 Å². The molecule has 0 spiro atoms.